The van der Waals surface area contributed by atoms with E-state index in [0.717, 1.165) is 18.0 Å². The van der Waals surface area contributed by atoms with Crippen molar-refractivity contribution in [1.29, 1.82) is 0 Å². The Bertz CT molecular complexity index is 267. The Morgan fingerprint density at radius 3 is 2.53 bits per heavy atom. The molecule has 0 spiro atoms. The van der Waals surface area contributed by atoms with Gasteiger partial charge in [-0.2, -0.15) is 0 Å². The molecule has 0 aliphatic carbocycles. The van der Waals surface area contributed by atoms with Crippen LogP contribution in [0.25, 0.3) is 0 Å². The number of nitrogens with zero attached hydrogens (tertiary/aromatic N) is 2. The van der Waals surface area contributed by atoms with Crippen molar-refractivity contribution in [1.82, 2.24) is 15.1 Å². The van der Waals surface area contributed by atoms with Crippen molar-refractivity contribution in [2.75, 3.05) is 39.3 Å². The summed E-state index contributed by atoms with van der Waals surface area (Å²) in [6.45, 7) is 10.2. The van der Waals surface area contributed by atoms with Gasteiger partial charge in [-0.25, -0.2) is 0 Å². The van der Waals surface area contributed by atoms with Crippen LogP contribution >= 0.6 is 0 Å². The van der Waals surface area contributed by atoms with Crippen molar-refractivity contribution in [3.8, 4) is 0 Å². The van der Waals surface area contributed by atoms with Crippen LogP contribution in [0.4, 0.5) is 0 Å². The first-order chi connectivity index (χ1) is 9.36. The Balaban J connectivity index is 1.50. The summed E-state index contributed by atoms with van der Waals surface area (Å²) in [5.41, 5.74) is 0. The van der Waals surface area contributed by atoms with Crippen molar-refractivity contribution in [3.63, 3.8) is 0 Å². The van der Waals surface area contributed by atoms with Gasteiger partial charge >= 0.3 is 0 Å². The van der Waals surface area contributed by atoms with Crippen LogP contribution < -0.4 is 5.32 Å². The fourth-order valence-electron chi connectivity index (χ4n) is 4.42. The van der Waals surface area contributed by atoms with Crippen LogP contribution in [0.1, 0.15) is 45.4 Å². The average molecular weight is 265 g/mol. The van der Waals surface area contributed by atoms with Crippen LogP contribution in [-0.4, -0.2) is 61.2 Å². The molecule has 2 atom stereocenters. The maximum Gasteiger partial charge on any atom is 0.0120 e. The lowest BCUT2D eigenvalue weighted by Gasteiger charge is -2.43. The van der Waals surface area contributed by atoms with Crippen molar-refractivity contribution in [2.45, 2.75) is 57.5 Å². The second-order valence-corrected chi connectivity index (χ2v) is 6.77. The summed E-state index contributed by atoms with van der Waals surface area (Å²) in [7, 11) is 0. The Morgan fingerprint density at radius 2 is 1.84 bits per heavy atom. The SMILES string of the molecule is CCN1CCC(N2CCCC(C3CCCN3)C2)CC1. The fourth-order valence-corrected chi connectivity index (χ4v) is 4.42. The third-order valence-electron chi connectivity index (χ3n) is 5.68. The lowest BCUT2D eigenvalue weighted by Crippen LogP contribution is -2.51. The molecule has 3 rings (SSSR count). The molecule has 3 heteroatoms. The lowest BCUT2D eigenvalue weighted by molar-refractivity contribution is 0.0648. The summed E-state index contributed by atoms with van der Waals surface area (Å²) >= 11 is 0. The fraction of sp³-hybridized carbons (Fsp3) is 1.00. The van der Waals surface area contributed by atoms with E-state index in [9.17, 15) is 0 Å². The molecule has 0 aromatic heterocycles. The number of hydrogen-bond donors (Lipinski definition) is 1. The molecule has 3 fully saturated rings. The first-order valence-corrected chi connectivity index (χ1v) is 8.56. The molecule has 0 bridgehead atoms. The van der Waals surface area contributed by atoms with E-state index < -0.39 is 0 Å². The van der Waals surface area contributed by atoms with Gasteiger partial charge in [-0.1, -0.05) is 6.92 Å². The van der Waals surface area contributed by atoms with Crippen LogP contribution in [0, 0.1) is 5.92 Å². The molecule has 0 amide bonds. The second-order valence-electron chi connectivity index (χ2n) is 6.77. The van der Waals surface area contributed by atoms with Crippen LogP contribution in [0.15, 0.2) is 0 Å². The molecule has 19 heavy (non-hydrogen) atoms. The smallest absolute Gasteiger partial charge is 0.0120 e. The number of piperidine rings is 2. The number of likely N-dealkylation sites (tertiary alicyclic amines) is 2. The molecule has 3 aliphatic heterocycles. The largest absolute Gasteiger partial charge is 0.314 e. The zero-order valence-electron chi connectivity index (χ0n) is 12.6. The Labute approximate surface area is 118 Å². The molecule has 0 saturated carbocycles. The minimum atomic E-state index is 0.832. The van der Waals surface area contributed by atoms with Gasteiger partial charge in [0.25, 0.3) is 0 Å². The maximum atomic E-state index is 3.73. The van der Waals surface area contributed by atoms with Crippen molar-refractivity contribution in [2.24, 2.45) is 5.92 Å². The summed E-state index contributed by atoms with van der Waals surface area (Å²) in [6.07, 6.45) is 8.51. The molecule has 3 nitrogen and oxygen atoms in total. The van der Waals surface area contributed by atoms with Gasteiger partial charge in [0.05, 0.1) is 0 Å². The highest BCUT2D eigenvalue weighted by atomic mass is 15.2. The van der Waals surface area contributed by atoms with E-state index in [1.54, 1.807) is 0 Å². The first kappa shape index (κ1) is 13.8. The van der Waals surface area contributed by atoms with E-state index in [1.165, 1.54) is 77.8 Å². The molecular formula is C16H31N3. The highest BCUT2D eigenvalue weighted by Crippen LogP contribution is 2.28. The topological polar surface area (TPSA) is 18.5 Å². The Morgan fingerprint density at radius 1 is 1.00 bits per heavy atom. The number of nitrogens with one attached hydrogen (secondary N) is 1. The Kier molecular flexibility index (Phi) is 4.78. The lowest BCUT2D eigenvalue weighted by atomic mass is 9.88. The minimum absolute atomic E-state index is 0.832. The summed E-state index contributed by atoms with van der Waals surface area (Å²) in [6, 6.07) is 1.71. The quantitative estimate of drug-likeness (QED) is 0.841. The monoisotopic (exact) mass is 265 g/mol. The predicted octanol–water partition coefficient (Wildman–Crippen LogP) is 1.93. The first-order valence-electron chi connectivity index (χ1n) is 8.56. The van der Waals surface area contributed by atoms with Gasteiger partial charge in [0.15, 0.2) is 0 Å². The maximum absolute atomic E-state index is 3.73. The molecule has 3 aliphatic rings. The van der Waals surface area contributed by atoms with Gasteiger partial charge in [0, 0.05) is 18.6 Å². The van der Waals surface area contributed by atoms with Crippen LogP contribution in [0.5, 0.6) is 0 Å². The summed E-state index contributed by atoms with van der Waals surface area (Å²) in [4.78, 5) is 5.44. The molecule has 1 N–H and O–H groups in total. The predicted molar refractivity (Wildman–Crippen MR) is 80.5 cm³/mol. The van der Waals surface area contributed by atoms with Crippen molar-refractivity contribution < 1.29 is 0 Å². The molecule has 2 unspecified atom stereocenters. The van der Waals surface area contributed by atoms with Gasteiger partial charge in [-0.3, -0.25) is 4.90 Å². The van der Waals surface area contributed by atoms with E-state index in [4.69, 9.17) is 0 Å². The van der Waals surface area contributed by atoms with E-state index in [0.29, 0.717) is 0 Å². The third-order valence-corrected chi connectivity index (χ3v) is 5.68. The minimum Gasteiger partial charge on any atom is -0.314 e. The average Bonchev–Trinajstić information content (AvgIpc) is 3.02. The van der Waals surface area contributed by atoms with Gasteiger partial charge in [0.1, 0.15) is 0 Å². The second kappa shape index (κ2) is 6.55. The summed E-state index contributed by atoms with van der Waals surface area (Å²) < 4.78 is 0. The molecule has 0 aromatic rings. The van der Waals surface area contributed by atoms with Gasteiger partial charge in [-0.05, 0) is 77.2 Å². The molecule has 110 valence electrons. The number of hydrogen-bond acceptors (Lipinski definition) is 3. The van der Waals surface area contributed by atoms with Gasteiger partial charge in [-0.15, -0.1) is 0 Å². The zero-order chi connectivity index (χ0) is 13.1. The zero-order valence-corrected chi connectivity index (χ0v) is 12.6. The van der Waals surface area contributed by atoms with E-state index in [1.807, 2.05) is 0 Å². The molecule has 3 heterocycles. The summed E-state index contributed by atoms with van der Waals surface area (Å²) in [5.74, 6) is 0.931. The van der Waals surface area contributed by atoms with E-state index in [2.05, 4.69) is 22.0 Å². The molecular weight excluding hydrogens is 234 g/mol. The van der Waals surface area contributed by atoms with Crippen molar-refractivity contribution in [3.05, 3.63) is 0 Å². The van der Waals surface area contributed by atoms with E-state index >= 15 is 0 Å². The highest BCUT2D eigenvalue weighted by Gasteiger charge is 2.32. The number of rotatable bonds is 3. The van der Waals surface area contributed by atoms with Crippen LogP contribution in [0.3, 0.4) is 0 Å². The normalized spacial score (nSPS) is 35.8. The van der Waals surface area contributed by atoms with Gasteiger partial charge in [0.2, 0.25) is 0 Å². The van der Waals surface area contributed by atoms with Crippen molar-refractivity contribution >= 4 is 0 Å². The van der Waals surface area contributed by atoms with Gasteiger partial charge < -0.3 is 10.2 Å². The molecule has 3 saturated heterocycles. The Hall–Kier alpha value is -0.120. The standard InChI is InChI=1S/C16H31N3/c1-2-18-11-7-15(8-12-18)19-10-4-5-14(13-19)16-6-3-9-17-16/h14-17H,2-13H2,1H3. The van der Waals surface area contributed by atoms with E-state index in [-0.39, 0.29) is 0 Å². The highest BCUT2D eigenvalue weighted by molar-refractivity contribution is 4.89. The molecule has 0 aromatic carbocycles. The molecule has 0 radical (unpaired) electrons. The van der Waals surface area contributed by atoms with Crippen LogP contribution in [0.2, 0.25) is 0 Å². The van der Waals surface area contributed by atoms with Crippen LogP contribution in [-0.2, 0) is 0 Å². The summed E-state index contributed by atoms with van der Waals surface area (Å²) in [5, 5.41) is 3.73. The third kappa shape index (κ3) is 3.32.